The van der Waals surface area contributed by atoms with Gasteiger partial charge in [-0.2, -0.15) is 0 Å². The van der Waals surface area contributed by atoms with Crippen molar-refractivity contribution in [3.05, 3.63) is 59.2 Å². The number of carboxylic acids is 1. The average molecular weight is 337 g/mol. The van der Waals surface area contributed by atoms with Crippen LogP contribution in [0.5, 0.6) is 0 Å². The number of amides is 1. The first-order chi connectivity index (χ1) is 11.6. The zero-order valence-corrected chi connectivity index (χ0v) is 13.1. The highest BCUT2D eigenvalue weighted by Gasteiger charge is 2.27. The number of aromatic nitrogens is 1. The minimum Gasteiger partial charge on any atom is -0.478 e. The lowest BCUT2D eigenvalue weighted by Gasteiger charge is -2.04. The number of aromatic carboxylic acids is 1. The van der Waals surface area contributed by atoms with E-state index in [1.807, 2.05) is 12.1 Å². The van der Waals surface area contributed by atoms with E-state index in [-0.39, 0.29) is 11.5 Å². The van der Waals surface area contributed by atoms with Gasteiger partial charge in [0.1, 0.15) is 0 Å². The molecule has 0 spiro atoms. The summed E-state index contributed by atoms with van der Waals surface area (Å²) in [5, 5.41) is 14.8. The first kappa shape index (κ1) is 14.4. The molecule has 6 nitrogen and oxygen atoms in total. The molecule has 0 saturated heterocycles. The van der Waals surface area contributed by atoms with Gasteiger partial charge < -0.3 is 15.7 Å². The molecule has 0 bridgehead atoms. The number of anilines is 2. The number of hydrogen-bond donors (Lipinski definition) is 3. The molecule has 1 aliphatic heterocycles. The standard InChI is InChI=1S/C17H11N3O3S/c21-16-11(7-18-10-3-1-9(2-4-10)17(22)23)14-12(20-16)5-6-13-15(14)24-8-19-13/h1-8,18H,(H,20,21)(H,22,23). The summed E-state index contributed by atoms with van der Waals surface area (Å²) in [6.45, 7) is 0. The van der Waals surface area contributed by atoms with Gasteiger partial charge in [-0.05, 0) is 36.4 Å². The first-order valence-corrected chi connectivity index (χ1v) is 7.99. The molecule has 0 aliphatic carbocycles. The molecule has 24 heavy (non-hydrogen) atoms. The predicted molar refractivity (Wildman–Crippen MR) is 93.3 cm³/mol. The molecule has 2 heterocycles. The minimum absolute atomic E-state index is 0.180. The van der Waals surface area contributed by atoms with Crippen molar-refractivity contribution in [1.29, 1.82) is 0 Å². The molecular weight excluding hydrogens is 326 g/mol. The van der Waals surface area contributed by atoms with Crippen LogP contribution in [0, 0.1) is 0 Å². The normalized spacial score (nSPS) is 14.7. The van der Waals surface area contributed by atoms with E-state index >= 15 is 0 Å². The van der Waals surface area contributed by atoms with Crippen molar-refractivity contribution >= 4 is 50.4 Å². The maximum absolute atomic E-state index is 12.2. The summed E-state index contributed by atoms with van der Waals surface area (Å²) in [6, 6.07) is 10.0. The van der Waals surface area contributed by atoms with Gasteiger partial charge in [-0.25, -0.2) is 9.78 Å². The third-order valence-corrected chi connectivity index (χ3v) is 4.64. The summed E-state index contributed by atoms with van der Waals surface area (Å²) >= 11 is 1.49. The van der Waals surface area contributed by atoms with Crippen LogP contribution in [0.1, 0.15) is 15.9 Å². The van der Waals surface area contributed by atoms with Gasteiger partial charge in [0, 0.05) is 17.5 Å². The first-order valence-electron chi connectivity index (χ1n) is 7.11. The van der Waals surface area contributed by atoms with Crippen LogP contribution in [-0.2, 0) is 4.79 Å². The van der Waals surface area contributed by atoms with Gasteiger partial charge >= 0.3 is 5.97 Å². The zero-order chi connectivity index (χ0) is 16.7. The predicted octanol–water partition coefficient (Wildman–Crippen LogP) is 3.40. The van der Waals surface area contributed by atoms with Crippen LogP contribution < -0.4 is 10.6 Å². The lowest BCUT2D eigenvalue weighted by atomic mass is 10.1. The quantitative estimate of drug-likeness (QED) is 0.637. The molecular formula is C17H11N3O3S. The summed E-state index contributed by atoms with van der Waals surface area (Å²) in [4.78, 5) is 27.4. The Balaban J connectivity index is 1.69. The molecule has 3 N–H and O–H groups in total. The van der Waals surface area contributed by atoms with Gasteiger partial charge in [0.05, 0.1) is 32.6 Å². The number of carbonyl (C=O) groups excluding carboxylic acids is 1. The molecule has 7 heteroatoms. The molecule has 1 aliphatic rings. The van der Waals surface area contributed by atoms with E-state index in [9.17, 15) is 9.59 Å². The van der Waals surface area contributed by atoms with Gasteiger partial charge in [-0.15, -0.1) is 11.3 Å². The molecule has 0 saturated carbocycles. The fourth-order valence-electron chi connectivity index (χ4n) is 2.61. The van der Waals surface area contributed by atoms with E-state index in [1.165, 1.54) is 23.5 Å². The lowest BCUT2D eigenvalue weighted by Crippen LogP contribution is -2.05. The highest BCUT2D eigenvalue weighted by Crippen LogP contribution is 2.39. The second kappa shape index (κ2) is 5.47. The van der Waals surface area contributed by atoms with Crippen molar-refractivity contribution < 1.29 is 14.7 Å². The molecule has 0 radical (unpaired) electrons. The molecule has 118 valence electrons. The second-order valence-electron chi connectivity index (χ2n) is 5.23. The van der Waals surface area contributed by atoms with Crippen molar-refractivity contribution in [1.82, 2.24) is 4.98 Å². The van der Waals surface area contributed by atoms with Crippen molar-refractivity contribution in [2.24, 2.45) is 0 Å². The van der Waals surface area contributed by atoms with Gasteiger partial charge in [-0.1, -0.05) is 0 Å². The largest absolute Gasteiger partial charge is 0.478 e. The summed E-state index contributed by atoms with van der Waals surface area (Å²) in [5.41, 5.74) is 5.66. The number of hydrogen-bond acceptors (Lipinski definition) is 5. The van der Waals surface area contributed by atoms with E-state index in [0.29, 0.717) is 11.3 Å². The van der Waals surface area contributed by atoms with Crippen molar-refractivity contribution in [3.8, 4) is 0 Å². The van der Waals surface area contributed by atoms with Crippen LogP contribution in [0.15, 0.2) is 48.1 Å². The Labute approximate surface area is 140 Å². The van der Waals surface area contributed by atoms with Crippen LogP contribution in [0.25, 0.3) is 15.8 Å². The highest BCUT2D eigenvalue weighted by molar-refractivity contribution is 7.17. The van der Waals surface area contributed by atoms with E-state index in [4.69, 9.17) is 5.11 Å². The topological polar surface area (TPSA) is 91.3 Å². The molecule has 2 aromatic carbocycles. The number of thiazole rings is 1. The Morgan fingerprint density at radius 2 is 2.00 bits per heavy atom. The number of benzene rings is 2. The Hall–Kier alpha value is -3.19. The molecule has 3 aromatic rings. The van der Waals surface area contributed by atoms with E-state index in [0.717, 1.165) is 21.5 Å². The van der Waals surface area contributed by atoms with E-state index < -0.39 is 5.97 Å². The molecule has 1 aromatic heterocycles. The summed E-state index contributed by atoms with van der Waals surface area (Å²) < 4.78 is 0.958. The Morgan fingerprint density at radius 3 is 2.75 bits per heavy atom. The summed E-state index contributed by atoms with van der Waals surface area (Å²) in [7, 11) is 0. The Kier molecular flexibility index (Phi) is 3.28. The molecule has 0 fully saturated rings. The minimum atomic E-state index is -0.975. The third-order valence-electron chi connectivity index (χ3n) is 3.78. The van der Waals surface area contributed by atoms with Gasteiger partial charge in [0.25, 0.3) is 5.91 Å². The highest BCUT2D eigenvalue weighted by atomic mass is 32.1. The van der Waals surface area contributed by atoms with E-state index in [1.54, 1.807) is 23.8 Å². The van der Waals surface area contributed by atoms with Gasteiger partial charge in [0.2, 0.25) is 0 Å². The van der Waals surface area contributed by atoms with Crippen LogP contribution in [0.4, 0.5) is 11.4 Å². The number of carbonyl (C=O) groups is 2. The number of nitrogens with zero attached hydrogens (tertiary/aromatic N) is 1. The number of rotatable bonds is 3. The fraction of sp³-hybridized carbons (Fsp3) is 0. The maximum Gasteiger partial charge on any atom is 0.335 e. The van der Waals surface area contributed by atoms with Crippen LogP contribution in [0.3, 0.4) is 0 Å². The van der Waals surface area contributed by atoms with Gasteiger partial charge in [0.15, 0.2) is 0 Å². The maximum atomic E-state index is 12.2. The fourth-order valence-corrected chi connectivity index (χ4v) is 3.46. The van der Waals surface area contributed by atoms with E-state index in [2.05, 4.69) is 15.6 Å². The zero-order valence-electron chi connectivity index (χ0n) is 12.2. The summed E-state index contributed by atoms with van der Waals surface area (Å²) in [5.74, 6) is -1.16. The van der Waals surface area contributed by atoms with Crippen molar-refractivity contribution in [2.45, 2.75) is 0 Å². The Morgan fingerprint density at radius 1 is 1.21 bits per heavy atom. The molecule has 1 amide bonds. The SMILES string of the molecule is O=C1Nc2ccc3ncsc3c2C1=CNc1ccc(C(=O)O)cc1. The van der Waals surface area contributed by atoms with Crippen LogP contribution in [-0.4, -0.2) is 22.0 Å². The van der Waals surface area contributed by atoms with Crippen molar-refractivity contribution in [2.75, 3.05) is 10.6 Å². The average Bonchev–Trinajstić information content (AvgIpc) is 3.16. The molecule has 0 unspecified atom stereocenters. The molecule has 0 atom stereocenters. The number of carboxylic acid groups (broad SMARTS) is 1. The third kappa shape index (κ3) is 2.31. The molecule has 4 rings (SSSR count). The number of nitrogens with one attached hydrogen (secondary N) is 2. The second-order valence-corrected chi connectivity index (χ2v) is 6.08. The van der Waals surface area contributed by atoms with Crippen LogP contribution in [0.2, 0.25) is 0 Å². The smallest absolute Gasteiger partial charge is 0.335 e. The lowest BCUT2D eigenvalue weighted by molar-refractivity contribution is -0.110. The summed E-state index contributed by atoms with van der Waals surface area (Å²) in [6.07, 6.45) is 1.64. The van der Waals surface area contributed by atoms with Crippen molar-refractivity contribution in [3.63, 3.8) is 0 Å². The Bertz CT molecular complexity index is 1010. The van der Waals surface area contributed by atoms with Crippen LogP contribution >= 0.6 is 11.3 Å². The monoisotopic (exact) mass is 337 g/mol. The number of fused-ring (bicyclic) bond motifs is 3. The van der Waals surface area contributed by atoms with Gasteiger partial charge in [-0.3, -0.25) is 4.79 Å².